The third-order valence-corrected chi connectivity index (χ3v) is 4.04. The van der Waals surface area contributed by atoms with Gasteiger partial charge in [0.25, 0.3) is 0 Å². The van der Waals surface area contributed by atoms with Crippen molar-refractivity contribution in [2.45, 2.75) is 27.7 Å². The van der Waals surface area contributed by atoms with E-state index in [-0.39, 0.29) is 11.2 Å². The second-order valence-corrected chi connectivity index (χ2v) is 7.16. The van der Waals surface area contributed by atoms with Gasteiger partial charge in [-0.2, -0.15) is 0 Å². The number of sulfonamides is 1. The number of nitrogen functional groups attached to an aromatic ring is 1. The topological polar surface area (TPSA) is 72.2 Å². The monoisotopic (exact) mass is 256 g/mol. The van der Waals surface area contributed by atoms with Crippen LogP contribution in [-0.2, 0) is 10.0 Å². The molecule has 1 aromatic rings. The van der Waals surface area contributed by atoms with E-state index in [1.165, 1.54) is 0 Å². The van der Waals surface area contributed by atoms with Gasteiger partial charge in [-0.1, -0.05) is 26.8 Å². The van der Waals surface area contributed by atoms with Gasteiger partial charge in [-0.05, 0) is 30.0 Å². The minimum absolute atomic E-state index is 0.0776. The lowest BCUT2D eigenvalue weighted by atomic mass is 10.0. The van der Waals surface area contributed by atoms with E-state index in [9.17, 15) is 8.42 Å². The van der Waals surface area contributed by atoms with E-state index in [0.717, 1.165) is 5.56 Å². The molecule has 0 aromatic heterocycles. The fourth-order valence-electron chi connectivity index (χ4n) is 1.54. The Labute approximate surface area is 103 Å². The Bertz CT molecular complexity index is 502. The van der Waals surface area contributed by atoms with E-state index >= 15 is 0 Å². The summed E-state index contributed by atoms with van der Waals surface area (Å²) in [6, 6.07) is 5.19. The highest BCUT2D eigenvalue weighted by Crippen LogP contribution is 2.23. The Hall–Kier alpha value is -1.23. The predicted octanol–water partition coefficient (Wildman–Crippen LogP) is 2.37. The fourth-order valence-corrected chi connectivity index (χ4v) is 3.31. The lowest BCUT2D eigenvalue weighted by Gasteiger charge is -2.19. The van der Waals surface area contributed by atoms with Crippen LogP contribution in [0.1, 0.15) is 26.3 Å². The molecule has 0 aliphatic carbocycles. The van der Waals surface area contributed by atoms with Crippen LogP contribution in [0.2, 0.25) is 0 Å². The first-order valence-corrected chi connectivity index (χ1v) is 7.11. The first-order chi connectivity index (χ1) is 7.61. The normalized spacial score (nSPS) is 12.5. The van der Waals surface area contributed by atoms with Crippen LogP contribution >= 0.6 is 0 Å². The predicted molar refractivity (Wildman–Crippen MR) is 72.5 cm³/mol. The van der Waals surface area contributed by atoms with Crippen molar-refractivity contribution in [1.82, 2.24) is 0 Å². The van der Waals surface area contributed by atoms with Gasteiger partial charge in [-0.3, -0.25) is 4.72 Å². The van der Waals surface area contributed by atoms with Crippen LogP contribution in [0.25, 0.3) is 0 Å². The van der Waals surface area contributed by atoms with Gasteiger partial charge in [0.15, 0.2) is 0 Å². The van der Waals surface area contributed by atoms with Gasteiger partial charge in [0.1, 0.15) is 0 Å². The maximum Gasteiger partial charge on any atom is 0.233 e. The van der Waals surface area contributed by atoms with Crippen molar-refractivity contribution in [2.24, 2.45) is 5.41 Å². The minimum atomic E-state index is -3.34. The summed E-state index contributed by atoms with van der Waals surface area (Å²) < 4.78 is 26.4. The van der Waals surface area contributed by atoms with Crippen LogP contribution in [0.5, 0.6) is 0 Å². The number of nitrogens with one attached hydrogen (secondary N) is 1. The number of hydrogen-bond acceptors (Lipinski definition) is 3. The molecule has 0 amide bonds. The summed E-state index contributed by atoms with van der Waals surface area (Å²) in [6.07, 6.45) is 0. The van der Waals surface area contributed by atoms with Gasteiger partial charge >= 0.3 is 0 Å². The molecule has 0 bridgehead atoms. The third-order valence-electron chi connectivity index (χ3n) is 2.26. The Balaban J connectivity index is 2.95. The molecule has 0 saturated carbocycles. The molecule has 96 valence electrons. The SMILES string of the molecule is Cc1c(N)cccc1NS(=O)(=O)CC(C)(C)C. The standard InChI is InChI=1S/C12H20N2O2S/c1-9-10(13)6-5-7-11(9)14-17(15,16)8-12(2,3)4/h5-7,14H,8,13H2,1-4H3. The molecule has 0 aliphatic heterocycles. The number of hydrogen-bond donors (Lipinski definition) is 2. The highest BCUT2D eigenvalue weighted by atomic mass is 32.2. The molecule has 3 N–H and O–H groups in total. The lowest BCUT2D eigenvalue weighted by Crippen LogP contribution is -2.26. The Morgan fingerprint density at radius 1 is 1.29 bits per heavy atom. The van der Waals surface area contributed by atoms with Gasteiger partial charge in [0, 0.05) is 5.69 Å². The fraction of sp³-hybridized carbons (Fsp3) is 0.500. The quantitative estimate of drug-likeness (QED) is 0.815. The zero-order valence-corrected chi connectivity index (χ0v) is 11.6. The average molecular weight is 256 g/mol. The Morgan fingerprint density at radius 3 is 2.41 bits per heavy atom. The van der Waals surface area contributed by atoms with Crippen molar-refractivity contribution in [3.8, 4) is 0 Å². The van der Waals surface area contributed by atoms with Gasteiger partial charge in [-0.15, -0.1) is 0 Å². The van der Waals surface area contributed by atoms with E-state index in [1.54, 1.807) is 25.1 Å². The first kappa shape index (κ1) is 13.8. The molecule has 0 aliphatic rings. The van der Waals surface area contributed by atoms with E-state index in [1.807, 2.05) is 20.8 Å². The smallest absolute Gasteiger partial charge is 0.233 e. The molecule has 0 unspecified atom stereocenters. The Kier molecular flexibility index (Phi) is 3.71. The number of benzene rings is 1. The molecule has 0 spiro atoms. The van der Waals surface area contributed by atoms with Crippen LogP contribution < -0.4 is 10.5 Å². The summed E-state index contributed by atoms with van der Waals surface area (Å²) in [4.78, 5) is 0. The van der Waals surface area contributed by atoms with Gasteiger partial charge < -0.3 is 5.73 Å². The van der Waals surface area contributed by atoms with Crippen LogP contribution in [0, 0.1) is 12.3 Å². The van der Waals surface area contributed by atoms with E-state index in [4.69, 9.17) is 5.73 Å². The summed E-state index contributed by atoms with van der Waals surface area (Å²) in [5.41, 5.74) is 7.34. The maximum atomic E-state index is 11.9. The van der Waals surface area contributed by atoms with Crippen molar-refractivity contribution in [3.63, 3.8) is 0 Å². The second-order valence-electron chi connectivity index (χ2n) is 5.44. The minimum Gasteiger partial charge on any atom is -0.398 e. The summed E-state index contributed by atoms with van der Waals surface area (Å²) >= 11 is 0. The van der Waals surface area contributed by atoms with Crippen molar-refractivity contribution in [1.29, 1.82) is 0 Å². The second kappa shape index (κ2) is 4.56. The van der Waals surface area contributed by atoms with E-state index < -0.39 is 10.0 Å². The molecular formula is C12H20N2O2S. The summed E-state index contributed by atoms with van der Waals surface area (Å²) in [5, 5.41) is 0. The summed E-state index contributed by atoms with van der Waals surface area (Å²) in [7, 11) is -3.34. The molecule has 0 atom stereocenters. The zero-order valence-electron chi connectivity index (χ0n) is 10.7. The molecule has 0 fully saturated rings. The largest absolute Gasteiger partial charge is 0.398 e. The van der Waals surface area contributed by atoms with Crippen molar-refractivity contribution < 1.29 is 8.42 Å². The summed E-state index contributed by atoms with van der Waals surface area (Å²) in [6.45, 7) is 7.46. The van der Waals surface area contributed by atoms with Crippen LogP contribution in [-0.4, -0.2) is 14.2 Å². The van der Waals surface area contributed by atoms with Crippen molar-refractivity contribution >= 4 is 21.4 Å². The molecule has 5 heteroatoms. The van der Waals surface area contributed by atoms with Gasteiger partial charge in [0.2, 0.25) is 10.0 Å². The van der Waals surface area contributed by atoms with Crippen molar-refractivity contribution in [3.05, 3.63) is 23.8 Å². The molecule has 1 rings (SSSR count). The molecule has 0 saturated heterocycles. The molecule has 0 radical (unpaired) electrons. The third kappa shape index (κ3) is 4.26. The summed E-state index contributed by atoms with van der Waals surface area (Å²) in [5.74, 6) is 0.0776. The van der Waals surface area contributed by atoms with Gasteiger partial charge in [-0.25, -0.2) is 8.42 Å². The van der Waals surface area contributed by atoms with Crippen LogP contribution in [0.3, 0.4) is 0 Å². The lowest BCUT2D eigenvalue weighted by molar-refractivity contribution is 0.463. The van der Waals surface area contributed by atoms with E-state index in [2.05, 4.69) is 4.72 Å². The van der Waals surface area contributed by atoms with E-state index in [0.29, 0.717) is 11.4 Å². The molecule has 1 aromatic carbocycles. The number of nitrogens with two attached hydrogens (primary N) is 1. The maximum absolute atomic E-state index is 11.9. The zero-order chi connectivity index (χ0) is 13.3. The highest BCUT2D eigenvalue weighted by molar-refractivity contribution is 7.92. The van der Waals surface area contributed by atoms with Gasteiger partial charge in [0.05, 0.1) is 11.4 Å². The highest BCUT2D eigenvalue weighted by Gasteiger charge is 2.22. The molecular weight excluding hydrogens is 236 g/mol. The molecule has 17 heavy (non-hydrogen) atoms. The number of rotatable bonds is 3. The Morgan fingerprint density at radius 2 is 1.88 bits per heavy atom. The molecule has 0 heterocycles. The first-order valence-electron chi connectivity index (χ1n) is 5.46. The van der Waals surface area contributed by atoms with Crippen LogP contribution in [0.15, 0.2) is 18.2 Å². The molecule has 4 nitrogen and oxygen atoms in total. The van der Waals surface area contributed by atoms with Crippen molar-refractivity contribution in [2.75, 3.05) is 16.2 Å². The van der Waals surface area contributed by atoms with Crippen LogP contribution in [0.4, 0.5) is 11.4 Å². The number of anilines is 2. The average Bonchev–Trinajstić information content (AvgIpc) is 2.08.